The topological polar surface area (TPSA) is 30.2 Å². The van der Waals surface area contributed by atoms with Crippen LogP contribution in [0.4, 0.5) is 4.39 Å². The van der Waals surface area contributed by atoms with Gasteiger partial charge in [0.25, 0.3) is 0 Å². The summed E-state index contributed by atoms with van der Waals surface area (Å²) in [5.41, 5.74) is 1.77. The van der Waals surface area contributed by atoms with E-state index < -0.39 is 5.82 Å². The lowest BCUT2D eigenvalue weighted by Crippen LogP contribution is -2.05. The summed E-state index contributed by atoms with van der Waals surface area (Å²) in [4.78, 5) is 11.8. The van der Waals surface area contributed by atoms with Crippen LogP contribution in [0.5, 0.6) is 0 Å². The van der Waals surface area contributed by atoms with E-state index in [1.165, 1.54) is 18.6 Å². The van der Waals surface area contributed by atoms with Crippen LogP contribution in [0.15, 0.2) is 41.2 Å². The molecule has 1 heterocycles. The molecule has 16 heavy (non-hydrogen) atoms. The summed E-state index contributed by atoms with van der Waals surface area (Å²) < 4.78 is 18.3. The number of halogens is 1. The summed E-state index contributed by atoms with van der Waals surface area (Å²) in [6.07, 6.45) is 3.15. The Bertz CT molecular complexity index is 501. The van der Waals surface area contributed by atoms with E-state index in [4.69, 9.17) is 4.42 Å². The first-order chi connectivity index (χ1) is 7.66. The molecule has 2 aromatic rings. The number of furan rings is 1. The molecule has 0 aliphatic rings. The number of hydrogen-bond acceptors (Lipinski definition) is 2. The molecule has 0 radical (unpaired) electrons. The number of rotatable bonds is 3. The molecule has 0 atom stereocenters. The van der Waals surface area contributed by atoms with Crippen molar-refractivity contribution in [2.45, 2.75) is 13.3 Å². The Balaban J connectivity index is 2.24. The van der Waals surface area contributed by atoms with Gasteiger partial charge < -0.3 is 4.42 Å². The third-order valence-electron chi connectivity index (χ3n) is 2.37. The maximum absolute atomic E-state index is 13.4. The van der Waals surface area contributed by atoms with E-state index in [0.29, 0.717) is 0 Å². The molecular weight excluding hydrogens is 207 g/mol. The zero-order valence-electron chi connectivity index (χ0n) is 8.87. The molecule has 0 unspecified atom stereocenters. The van der Waals surface area contributed by atoms with Gasteiger partial charge in [0.1, 0.15) is 5.82 Å². The molecule has 0 bridgehead atoms. The molecule has 0 aliphatic carbocycles. The molecule has 3 heteroatoms. The Morgan fingerprint density at radius 1 is 1.38 bits per heavy atom. The minimum absolute atomic E-state index is 0.140. The summed E-state index contributed by atoms with van der Waals surface area (Å²) in [5, 5.41) is 0. The van der Waals surface area contributed by atoms with E-state index in [1.54, 1.807) is 18.2 Å². The predicted molar refractivity (Wildman–Crippen MR) is 57.9 cm³/mol. The van der Waals surface area contributed by atoms with Crippen LogP contribution in [0.1, 0.15) is 21.5 Å². The highest BCUT2D eigenvalue weighted by molar-refractivity contribution is 5.97. The standard InChI is InChI=1S/C13H11FO2/c1-9-2-3-12(14)11(6-9)13(15)7-10-4-5-16-8-10/h2-6,8H,7H2,1H3. The second-order valence-electron chi connectivity index (χ2n) is 3.71. The number of aryl methyl sites for hydroxylation is 1. The van der Waals surface area contributed by atoms with Crippen molar-refractivity contribution in [1.82, 2.24) is 0 Å². The number of hydrogen-bond donors (Lipinski definition) is 0. The zero-order chi connectivity index (χ0) is 11.5. The van der Waals surface area contributed by atoms with Gasteiger partial charge in [-0.2, -0.15) is 0 Å². The van der Waals surface area contributed by atoms with Crippen LogP contribution in [0, 0.1) is 12.7 Å². The van der Waals surface area contributed by atoms with Gasteiger partial charge in [0.15, 0.2) is 5.78 Å². The van der Waals surface area contributed by atoms with Crippen molar-refractivity contribution in [2.24, 2.45) is 0 Å². The Labute approximate surface area is 92.7 Å². The second-order valence-corrected chi connectivity index (χ2v) is 3.71. The quantitative estimate of drug-likeness (QED) is 0.741. The minimum atomic E-state index is -0.473. The molecule has 0 spiro atoms. The largest absolute Gasteiger partial charge is 0.472 e. The first kappa shape index (κ1) is 10.6. The lowest BCUT2D eigenvalue weighted by molar-refractivity contribution is 0.0989. The SMILES string of the molecule is Cc1ccc(F)c(C(=O)Cc2ccoc2)c1. The van der Waals surface area contributed by atoms with Gasteiger partial charge in [-0.05, 0) is 30.7 Å². The van der Waals surface area contributed by atoms with E-state index >= 15 is 0 Å². The van der Waals surface area contributed by atoms with E-state index in [1.807, 2.05) is 6.92 Å². The van der Waals surface area contributed by atoms with Crippen molar-refractivity contribution in [3.63, 3.8) is 0 Å². The molecule has 0 N–H and O–H groups in total. The molecule has 0 fully saturated rings. The van der Waals surface area contributed by atoms with Crippen molar-refractivity contribution in [1.29, 1.82) is 0 Å². The van der Waals surface area contributed by atoms with Gasteiger partial charge in [-0.15, -0.1) is 0 Å². The molecule has 1 aromatic carbocycles. The van der Waals surface area contributed by atoms with Crippen molar-refractivity contribution < 1.29 is 13.6 Å². The van der Waals surface area contributed by atoms with Crippen LogP contribution in [0.3, 0.4) is 0 Å². The Morgan fingerprint density at radius 2 is 2.19 bits per heavy atom. The maximum Gasteiger partial charge on any atom is 0.170 e. The molecule has 0 aliphatic heterocycles. The summed E-state index contributed by atoms with van der Waals surface area (Å²) in [5.74, 6) is -0.707. The lowest BCUT2D eigenvalue weighted by atomic mass is 10.0. The van der Waals surface area contributed by atoms with Gasteiger partial charge in [-0.3, -0.25) is 4.79 Å². The lowest BCUT2D eigenvalue weighted by Gasteiger charge is -2.02. The van der Waals surface area contributed by atoms with Gasteiger partial charge in [0.05, 0.1) is 18.1 Å². The number of carbonyl (C=O) groups is 1. The summed E-state index contributed by atoms with van der Waals surface area (Å²) in [6.45, 7) is 1.83. The fourth-order valence-electron chi connectivity index (χ4n) is 1.53. The smallest absolute Gasteiger partial charge is 0.170 e. The van der Waals surface area contributed by atoms with Crippen LogP contribution < -0.4 is 0 Å². The Morgan fingerprint density at radius 3 is 2.88 bits per heavy atom. The van der Waals surface area contributed by atoms with Gasteiger partial charge in [-0.1, -0.05) is 11.6 Å². The van der Waals surface area contributed by atoms with Crippen LogP contribution in [-0.2, 0) is 6.42 Å². The minimum Gasteiger partial charge on any atom is -0.472 e. The average Bonchev–Trinajstić information content (AvgIpc) is 2.74. The fraction of sp³-hybridized carbons (Fsp3) is 0.154. The number of benzene rings is 1. The predicted octanol–water partition coefficient (Wildman–Crippen LogP) is 3.15. The highest BCUT2D eigenvalue weighted by Gasteiger charge is 2.12. The third-order valence-corrected chi connectivity index (χ3v) is 2.37. The molecule has 2 rings (SSSR count). The van der Waals surface area contributed by atoms with E-state index in [2.05, 4.69) is 0 Å². The first-order valence-corrected chi connectivity index (χ1v) is 4.97. The van der Waals surface area contributed by atoms with E-state index in [-0.39, 0.29) is 17.8 Å². The molecule has 0 amide bonds. The molecule has 0 saturated carbocycles. The zero-order valence-corrected chi connectivity index (χ0v) is 8.87. The monoisotopic (exact) mass is 218 g/mol. The normalized spacial score (nSPS) is 10.4. The molecule has 0 saturated heterocycles. The molecule has 1 aromatic heterocycles. The van der Waals surface area contributed by atoms with Gasteiger partial charge in [0, 0.05) is 6.42 Å². The van der Waals surface area contributed by atoms with Crippen LogP contribution in [0.2, 0.25) is 0 Å². The highest BCUT2D eigenvalue weighted by Crippen LogP contribution is 2.13. The average molecular weight is 218 g/mol. The Hall–Kier alpha value is -1.90. The van der Waals surface area contributed by atoms with Crippen molar-refractivity contribution in [3.8, 4) is 0 Å². The summed E-state index contributed by atoms with van der Waals surface area (Å²) >= 11 is 0. The molecule has 2 nitrogen and oxygen atoms in total. The van der Waals surface area contributed by atoms with Crippen molar-refractivity contribution in [2.75, 3.05) is 0 Å². The van der Waals surface area contributed by atoms with Crippen LogP contribution in [0.25, 0.3) is 0 Å². The maximum atomic E-state index is 13.4. The van der Waals surface area contributed by atoms with Crippen molar-refractivity contribution >= 4 is 5.78 Å². The summed E-state index contributed by atoms with van der Waals surface area (Å²) in [7, 11) is 0. The number of ketones is 1. The van der Waals surface area contributed by atoms with E-state index in [0.717, 1.165) is 11.1 Å². The van der Waals surface area contributed by atoms with Gasteiger partial charge >= 0.3 is 0 Å². The number of carbonyl (C=O) groups excluding carboxylic acids is 1. The van der Waals surface area contributed by atoms with Crippen LogP contribution >= 0.6 is 0 Å². The third kappa shape index (κ3) is 2.19. The molecular formula is C13H11FO2. The first-order valence-electron chi connectivity index (χ1n) is 4.97. The molecule has 82 valence electrons. The highest BCUT2D eigenvalue weighted by atomic mass is 19.1. The van der Waals surface area contributed by atoms with Gasteiger partial charge in [0.2, 0.25) is 0 Å². The Kier molecular flexibility index (Phi) is 2.86. The number of Topliss-reactive ketones (excluding diaryl/α,β-unsaturated/α-hetero) is 1. The second kappa shape index (κ2) is 4.31. The fourth-order valence-corrected chi connectivity index (χ4v) is 1.53. The summed E-state index contributed by atoms with van der Waals surface area (Å²) in [6, 6.07) is 6.23. The van der Waals surface area contributed by atoms with E-state index in [9.17, 15) is 9.18 Å². The van der Waals surface area contributed by atoms with Gasteiger partial charge in [-0.25, -0.2) is 4.39 Å². The van der Waals surface area contributed by atoms with Crippen molar-refractivity contribution in [3.05, 3.63) is 59.3 Å². The van der Waals surface area contributed by atoms with Crippen LogP contribution in [-0.4, -0.2) is 5.78 Å².